The van der Waals surface area contributed by atoms with Crippen LogP contribution in [0.3, 0.4) is 0 Å². The number of halogens is 1. The fraction of sp³-hybridized carbons (Fsp3) is 0.611. The minimum Gasteiger partial charge on any atom is -0.466 e. The van der Waals surface area contributed by atoms with Gasteiger partial charge in [-0.3, -0.25) is 4.79 Å². The summed E-state index contributed by atoms with van der Waals surface area (Å²) in [7, 11) is 0. The van der Waals surface area contributed by atoms with E-state index in [9.17, 15) is 9.90 Å². The quantitative estimate of drug-likeness (QED) is 0.684. The lowest BCUT2D eigenvalue weighted by atomic mass is 9.97. The van der Waals surface area contributed by atoms with Crippen LogP contribution >= 0.6 is 11.6 Å². The second kappa shape index (κ2) is 9.99. The molecular weight excluding hydrogens is 330 g/mol. The summed E-state index contributed by atoms with van der Waals surface area (Å²) in [6.45, 7) is 5.47. The average Bonchev–Trinajstić information content (AvgIpc) is 2.57. The first-order chi connectivity index (χ1) is 11.6. The highest BCUT2D eigenvalue weighted by Gasteiger charge is 2.29. The van der Waals surface area contributed by atoms with Gasteiger partial charge in [-0.15, -0.1) is 0 Å². The molecule has 1 heterocycles. The maximum Gasteiger partial charge on any atom is 0.309 e. The molecule has 0 radical (unpaired) electrons. The normalized spacial score (nSPS) is 22.1. The number of nitrogens with one attached hydrogen (secondary N) is 1. The van der Waals surface area contributed by atoms with Crippen LogP contribution in [0.25, 0.3) is 0 Å². The van der Waals surface area contributed by atoms with Gasteiger partial charge in [-0.05, 0) is 24.6 Å². The molecule has 0 spiro atoms. The summed E-state index contributed by atoms with van der Waals surface area (Å²) in [4.78, 5) is 13.0. The van der Waals surface area contributed by atoms with Gasteiger partial charge in [0, 0.05) is 17.9 Å². The Morgan fingerprint density at radius 2 is 2.00 bits per heavy atom. The highest BCUT2D eigenvalue weighted by atomic mass is 35.5. The number of rotatable bonds is 8. The maximum atomic E-state index is 11.7. The monoisotopic (exact) mass is 356 g/mol. The van der Waals surface area contributed by atoms with Crippen molar-refractivity contribution >= 4 is 17.6 Å². The van der Waals surface area contributed by atoms with Gasteiger partial charge in [0.15, 0.2) is 0 Å². The number of aliphatic hydroxyl groups is 1. The number of hydrogen-bond donors (Lipinski definition) is 2. The van der Waals surface area contributed by atoms with Crippen molar-refractivity contribution in [1.82, 2.24) is 0 Å². The molecule has 1 atom stereocenters. The number of benzene rings is 1. The van der Waals surface area contributed by atoms with Crippen LogP contribution in [0.2, 0.25) is 5.02 Å². The molecule has 1 aromatic carbocycles. The molecule has 0 bridgehead atoms. The van der Waals surface area contributed by atoms with Gasteiger partial charge in [-0.1, -0.05) is 23.7 Å². The highest BCUT2D eigenvalue weighted by molar-refractivity contribution is 6.30. The number of likely N-dealkylation sites (tertiary alicyclic amines) is 1. The molecule has 6 heteroatoms. The van der Waals surface area contributed by atoms with Crippen LogP contribution in [0.15, 0.2) is 24.3 Å². The Morgan fingerprint density at radius 3 is 2.62 bits per heavy atom. The summed E-state index contributed by atoms with van der Waals surface area (Å²) in [5.74, 6) is -0.0598. The van der Waals surface area contributed by atoms with Crippen LogP contribution < -0.4 is 4.90 Å². The van der Waals surface area contributed by atoms with Gasteiger partial charge in [-0.2, -0.15) is 0 Å². The Balaban J connectivity index is 1.62. The number of esters is 1. The van der Waals surface area contributed by atoms with E-state index in [4.69, 9.17) is 21.1 Å². The molecule has 0 unspecified atom stereocenters. The SMILES string of the molecule is CCOC(=O)C1CC[NH+](C[C@H](O)COCc2ccc(Cl)cc2)CC1. The van der Waals surface area contributed by atoms with E-state index < -0.39 is 6.10 Å². The van der Waals surface area contributed by atoms with Gasteiger partial charge < -0.3 is 19.5 Å². The minimum absolute atomic E-state index is 0.0204. The fourth-order valence-corrected chi connectivity index (χ4v) is 3.14. The number of ether oxygens (including phenoxy) is 2. The number of quaternary nitrogens is 1. The van der Waals surface area contributed by atoms with Crippen LogP contribution in [0, 0.1) is 5.92 Å². The van der Waals surface area contributed by atoms with Crippen molar-refractivity contribution in [1.29, 1.82) is 0 Å². The first kappa shape index (κ1) is 19.2. The lowest BCUT2D eigenvalue weighted by Crippen LogP contribution is -3.14. The van der Waals surface area contributed by atoms with E-state index in [1.54, 1.807) is 0 Å². The molecule has 0 saturated carbocycles. The van der Waals surface area contributed by atoms with Crippen LogP contribution in [-0.2, 0) is 20.9 Å². The number of hydrogen-bond acceptors (Lipinski definition) is 4. The first-order valence-electron chi connectivity index (χ1n) is 8.59. The van der Waals surface area contributed by atoms with Crippen LogP contribution in [0.1, 0.15) is 25.3 Å². The van der Waals surface area contributed by atoms with Crippen LogP contribution in [0.5, 0.6) is 0 Å². The van der Waals surface area contributed by atoms with Gasteiger partial charge in [0.1, 0.15) is 12.6 Å². The molecular formula is C18H27ClNO4+. The van der Waals surface area contributed by atoms with E-state index in [1.165, 1.54) is 4.90 Å². The van der Waals surface area contributed by atoms with Gasteiger partial charge in [-0.25, -0.2) is 0 Å². The van der Waals surface area contributed by atoms with Gasteiger partial charge in [0.2, 0.25) is 0 Å². The van der Waals surface area contributed by atoms with Gasteiger partial charge in [0.25, 0.3) is 0 Å². The van der Waals surface area contributed by atoms with E-state index in [1.807, 2.05) is 31.2 Å². The molecule has 2 N–H and O–H groups in total. The van der Waals surface area contributed by atoms with Crippen molar-refractivity contribution < 1.29 is 24.3 Å². The predicted molar refractivity (Wildman–Crippen MR) is 92.0 cm³/mol. The van der Waals surface area contributed by atoms with Crippen molar-refractivity contribution in [2.45, 2.75) is 32.5 Å². The maximum absolute atomic E-state index is 11.7. The van der Waals surface area contributed by atoms with Gasteiger partial charge >= 0.3 is 5.97 Å². The van der Waals surface area contributed by atoms with Crippen molar-refractivity contribution in [2.75, 3.05) is 32.8 Å². The molecule has 0 aromatic heterocycles. The molecule has 1 aromatic rings. The lowest BCUT2D eigenvalue weighted by molar-refractivity contribution is -0.908. The zero-order chi connectivity index (χ0) is 17.4. The van der Waals surface area contributed by atoms with Crippen molar-refractivity contribution in [3.8, 4) is 0 Å². The number of aliphatic hydroxyl groups excluding tert-OH is 1. The zero-order valence-corrected chi connectivity index (χ0v) is 14.9. The van der Waals surface area contributed by atoms with Crippen molar-refractivity contribution in [2.24, 2.45) is 5.92 Å². The summed E-state index contributed by atoms with van der Waals surface area (Å²) in [6, 6.07) is 7.49. The second-order valence-corrected chi connectivity index (χ2v) is 6.71. The third-order valence-corrected chi connectivity index (χ3v) is 4.58. The topological polar surface area (TPSA) is 60.2 Å². The molecule has 1 aliphatic heterocycles. The summed E-state index contributed by atoms with van der Waals surface area (Å²) >= 11 is 5.84. The smallest absolute Gasteiger partial charge is 0.309 e. The number of piperidine rings is 1. The highest BCUT2D eigenvalue weighted by Crippen LogP contribution is 2.12. The summed E-state index contributed by atoms with van der Waals surface area (Å²) in [5, 5.41) is 10.8. The third kappa shape index (κ3) is 6.40. The Morgan fingerprint density at radius 1 is 1.33 bits per heavy atom. The zero-order valence-electron chi connectivity index (χ0n) is 14.2. The summed E-state index contributed by atoms with van der Waals surface area (Å²) in [6.07, 6.45) is 1.16. The van der Waals surface area contributed by atoms with E-state index in [-0.39, 0.29) is 11.9 Å². The largest absolute Gasteiger partial charge is 0.466 e. The molecule has 1 fully saturated rings. The standard InChI is InChI=1S/C18H26ClNO4/c1-2-24-18(22)15-7-9-20(10-8-15)11-17(21)13-23-12-14-3-5-16(19)6-4-14/h3-6,15,17,21H,2,7-13H2,1H3/p+1/t17-/m0/s1. The minimum atomic E-state index is -0.494. The van der Waals surface area contributed by atoms with Gasteiger partial charge in [0.05, 0.1) is 38.8 Å². The number of carbonyl (C=O) groups excluding carboxylic acids is 1. The Kier molecular flexibility index (Phi) is 7.99. The second-order valence-electron chi connectivity index (χ2n) is 6.28. The first-order valence-corrected chi connectivity index (χ1v) is 8.96. The van der Waals surface area contributed by atoms with Crippen molar-refractivity contribution in [3.63, 3.8) is 0 Å². The summed E-state index contributed by atoms with van der Waals surface area (Å²) in [5.41, 5.74) is 1.04. The molecule has 134 valence electrons. The van der Waals surface area contributed by atoms with Crippen LogP contribution in [-0.4, -0.2) is 50.0 Å². The van der Waals surface area contributed by atoms with Crippen molar-refractivity contribution in [3.05, 3.63) is 34.9 Å². The molecule has 0 amide bonds. The molecule has 24 heavy (non-hydrogen) atoms. The third-order valence-electron chi connectivity index (χ3n) is 4.33. The average molecular weight is 357 g/mol. The van der Waals surface area contributed by atoms with E-state index in [0.29, 0.717) is 31.4 Å². The number of carbonyl (C=O) groups is 1. The fourth-order valence-electron chi connectivity index (χ4n) is 3.01. The molecule has 1 aliphatic rings. The van der Waals surface area contributed by atoms with Crippen LogP contribution in [0.4, 0.5) is 0 Å². The van der Waals surface area contributed by atoms with E-state index in [2.05, 4.69) is 0 Å². The molecule has 1 saturated heterocycles. The lowest BCUT2D eigenvalue weighted by Gasteiger charge is -2.29. The van der Waals surface area contributed by atoms with E-state index >= 15 is 0 Å². The predicted octanol–water partition coefficient (Wildman–Crippen LogP) is 1.08. The molecule has 5 nitrogen and oxygen atoms in total. The molecule has 2 rings (SSSR count). The molecule has 0 aliphatic carbocycles. The Labute approximate surface area is 148 Å². The Bertz CT molecular complexity index is 500. The Hall–Kier alpha value is -1.14. The van der Waals surface area contributed by atoms with E-state index in [0.717, 1.165) is 31.5 Å². The summed E-state index contributed by atoms with van der Waals surface area (Å²) < 4.78 is 10.6.